The van der Waals surface area contributed by atoms with Crippen molar-refractivity contribution < 1.29 is 19.4 Å². The number of halogens is 1. The molecule has 2 saturated heterocycles. The predicted molar refractivity (Wildman–Crippen MR) is 106 cm³/mol. The topological polar surface area (TPSA) is 126 Å². The van der Waals surface area contributed by atoms with Crippen LogP contribution in [0.2, 0.25) is 5.02 Å². The molecular formula is C19H23ClN6O4. The molecule has 2 aromatic rings. The van der Waals surface area contributed by atoms with Gasteiger partial charge in [-0.3, -0.25) is 9.59 Å². The highest BCUT2D eigenvalue weighted by Gasteiger charge is 2.59. The van der Waals surface area contributed by atoms with E-state index in [4.69, 9.17) is 16.3 Å². The van der Waals surface area contributed by atoms with E-state index in [2.05, 4.69) is 20.8 Å². The summed E-state index contributed by atoms with van der Waals surface area (Å²) in [5, 5.41) is 24.7. The molecule has 1 aromatic carbocycles. The Labute approximate surface area is 178 Å². The second-order valence-electron chi connectivity index (χ2n) is 7.48. The van der Waals surface area contributed by atoms with Crippen LogP contribution in [0.1, 0.15) is 31.7 Å². The summed E-state index contributed by atoms with van der Waals surface area (Å²) in [6, 6.07) is 4.44. The van der Waals surface area contributed by atoms with E-state index >= 15 is 0 Å². The summed E-state index contributed by atoms with van der Waals surface area (Å²) in [4.78, 5) is 27.0. The van der Waals surface area contributed by atoms with Gasteiger partial charge in [-0.05, 0) is 40.6 Å². The van der Waals surface area contributed by atoms with Gasteiger partial charge in [0.15, 0.2) is 0 Å². The van der Waals surface area contributed by atoms with E-state index in [0.717, 1.165) is 18.4 Å². The van der Waals surface area contributed by atoms with E-state index < -0.39 is 18.1 Å². The number of aliphatic hydroxyl groups is 1. The first-order chi connectivity index (χ1) is 14.5. The third kappa shape index (κ3) is 4.16. The van der Waals surface area contributed by atoms with Crippen LogP contribution in [-0.4, -0.2) is 72.9 Å². The molecule has 0 aliphatic carbocycles. The van der Waals surface area contributed by atoms with Gasteiger partial charge in [-0.2, -0.15) is 0 Å². The SMILES string of the molecule is CCCCC(O)C(=O)N1C[C@@H]2O[C@@H]2[C@H]1C(=O)NCc1cc(Cl)ccc1-n1cnnn1. The molecule has 160 valence electrons. The lowest BCUT2D eigenvalue weighted by atomic mass is 10.1. The molecule has 10 nitrogen and oxygen atoms in total. The minimum Gasteiger partial charge on any atom is -0.383 e. The molecule has 2 aliphatic rings. The van der Waals surface area contributed by atoms with E-state index in [1.807, 2.05) is 6.92 Å². The maximum Gasteiger partial charge on any atom is 0.252 e. The van der Waals surface area contributed by atoms with Crippen LogP contribution in [0.4, 0.5) is 0 Å². The molecule has 30 heavy (non-hydrogen) atoms. The summed E-state index contributed by atoms with van der Waals surface area (Å²) < 4.78 is 6.97. The Morgan fingerprint density at radius 2 is 2.27 bits per heavy atom. The number of epoxide rings is 1. The molecule has 4 rings (SSSR count). The van der Waals surface area contributed by atoms with Gasteiger partial charge in [0.25, 0.3) is 5.91 Å². The van der Waals surface area contributed by atoms with Gasteiger partial charge >= 0.3 is 0 Å². The first-order valence-electron chi connectivity index (χ1n) is 9.93. The zero-order valence-corrected chi connectivity index (χ0v) is 17.2. The molecule has 3 heterocycles. The lowest BCUT2D eigenvalue weighted by Gasteiger charge is -2.28. The molecule has 4 atom stereocenters. The molecule has 11 heteroatoms. The number of aromatic nitrogens is 4. The second-order valence-corrected chi connectivity index (χ2v) is 7.91. The number of unbranched alkanes of at least 4 members (excludes halogenated alkanes) is 1. The summed E-state index contributed by atoms with van der Waals surface area (Å²) in [6.45, 7) is 2.48. The van der Waals surface area contributed by atoms with Crippen LogP contribution in [0.15, 0.2) is 24.5 Å². The summed E-state index contributed by atoms with van der Waals surface area (Å²) >= 11 is 6.12. The van der Waals surface area contributed by atoms with Crippen LogP contribution in [0.25, 0.3) is 5.69 Å². The molecule has 2 amide bonds. The average Bonchev–Trinajstić information content (AvgIpc) is 3.15. The second kappa shape index (κ2) is 8.66. The third-order valence-corrected chi connectivity index (χ3v) is 5.64. The lowest BCUT2D eigenvalue weighted by molar-refractivity contribution is -0.148. The van der Waals surface area contributed by atoms with E-state index in [0.29, 0.717) is 23.7 Å². The molecule has 0 bridgehead atoms. The summed E-state index contributed by atoms with van der Waals surface area (Å²) in [7, 11) is 0. The monoisotopic (exact) mass is 434 g/mol. The fourth-order valence-electron chi connectivity index (χ4n) is 3.77. The number of fused-ring (bicyclic) bond motifs is 1. The minimum atomic E-state index is -1.10. The number of nitrogens with zero attached hydrogens (tertiary/aromatic N) is 5. The Morgan fingerprint density at radius 3 is 3.00 bits per heavy atom. The van der Waals surface area contributed by atoms with Crippen LogP contribution in [0, 0.1) is 0 Å². The summed E-state index contributed by atoms with van der Waals surface area (Å²) in [5.74, 6) is -0.754. The summed E-state index contributed by atoms with van der Waals surface area (Å²) in [5.41, 5.74) is 1.40. The number of aliphatic hydroxyl groups excluding tert-OH is 1. The van der Waals surface area contributed by atoms with Crippen LogP contribution in [-0.2, 0) is 20.9 Å². The number of tetrazole rings is 1. The van der Waals surface area contributed by atoms with Crippen molar-refractivity contribution in [3.8, 4) is 5.69 Å². The van der Waals surface area contributed by atoms with Crippen molar-refractivity contribution in [2.24, 2.45) is 0 Å². The standard InChI is InChI=1S/C19H23ClN6O4/c1-2-3-4-14(27)19(29)25-9-15-17(30-15)16(25)18(28)21-8-11-7-12(20)5-6-13(11)26-10-22-23-24-26/h5-7,10,14-17,27H,2-4,8-9H2,1H3,(H,21,28)/t14?,15-,16-,17-/m0/s1. The van der Waals surface area contributed by atoms with Gasteiger partial charge in [0.05, 0.1) is 12.2 Å². The number of ether oxygens (including phenoxy) is 1. The number of amides is 2. The van der Waals surface area contributed by atoms with Gasteiger partial charge in [0, 0.05) is 11.6 Å². The Bertz CT molecular complexity index is 924. The van der Waals surface area contributed by atoms with Crippen LogP contribution in [0.3, 0.4) is 0 Å². The molecule has 1 aromatic heterocycles. The predicted octanol–water partition coefficient (Wildman–Crippen LogP) is 0.461. The number of hydrogen-bond acceptors (Lipinski definition) is 7. The number of hydrogen-bond donors (Lipinski definition) is 2. The van der Waals surface area contributed by atoms with Crippen molar-refractivity contribution in [1.29, 1.82) is 0 Å². The fourth-order valence-corrected chi connectivity index (χ4v) is 3.97. The third-order valence-electron chi connectivity index (χ3n) is 5.40. The van der Waals surface area contributed by atoms with E-state index in [9.17, 15) is 14.7 Å². The lowest BCUT2D eigenvalue weighted by Crippen LogP contribution is -2.52. The van der Waals surface area contributed by atoms with Crippen molar-refractivity contribution in [2.75, 3.05) is 6.54 Å². The van der Waals surface area contributed by atoms with Crippen molar-refractivity contribution in [2.45, 2.75) is 57.1 Å². The first-order valence-corrected chi connectivity index (χ1v) is 10.3. The van der Waals surface area contributed by atoms with Crippen LogP contribution >= 0.6 is 11.6 Å². The first kappa shape index (κ1) is 20.7. The highest BCUT2D eigenvalue weighted by molar-refractivity contribution is 6.30. The summed E-state index contributed by atoms with van der Waals surface area (Å²) in [6.07, 6.45) is 1.89. The molecular weight excluding hydrogens is 412 g/mol. The van der Waals surface area contributed by atoms with Crippen molar-refractivity contribution in [1.82, 2.24) is 30.4 Å². The Balaban J connectivity index is 1.45. The molecule has 2 N–H and O–H groups in total. The van der Waals surface area contributed by atoms with Crippen LogP contribution in [0.5, 0.6) is 0 Å². The molecule has 0 spiro atoms. The van der Waals surface area contributed by atoms with E-state index in [-0.39, 0.29) is 24.7 Å². The molecule has 1 unspecified atom stereocenters. The number of carbonyl (C=O) groups excluding carboxylic acids is 2. The van der Waals surface area contributed by atoms with Crippen LogP contribution < -0.4 is 5.32 Å². The number of likely N-dealkylation sites (tertiary alicyclic amines) is 1. The largest absolute Gasteiger partial charge is 0.383 e. The number of carbonyl (C=O) groups is 2. The highest BCUT2D eigenvalue weighted by atomic mass is 35.5. The zero-order chi connectivity index (χ0) is 21.3. The van der Waals surface area contributed by atoms with Gasteiger partial charge in [-0.25, -0.2) is 4.68 Å². The number of rotatable bonds is 8. The molecule has 2 fully saturated rings. The maximum atomic E-state index is 12.9. The number of morpholine rings is 1. The van der Waals surface area contributed by atoms with Gasteiger partial charge in [-0.15, -0.1) is 5.10 Å². The van der Waals surface area contributed by atoms with E-state index in [1.54, 1.807) is 18.2 Å². The average molecular weight is 435 g/mol. The molecule has 0 saturated carbocycles. The minimum absolute atomic E-state index is 0.147. The Hall–Kier alpha value is -2.56. The van der Waals surface area contributed by atoms with Gasteiger partial charge in [-0.1, -0.05) is 31.4 Å². The molecule has 2 aliphatic heterocycles. The quantitative estimate of drug-likeness (QED) is 0.578. The Morgan fingerprint density at radius 1 is 1.43 bits per heavy atom. The van der Waals surface area contributed by atoms with Crippen molar-refractivity contribution in [3.05, 3.63) is 35.1 Å². The smallest absolute Gasteiger partial charge is 0.252 e. The molecule has 0 radical (unpaired) electrons. The Kier molecular flexibility index (Phi) is 5.98. The normalized spacial score (nSPS) is 23.2. The van der Waals surface area contributed by atoms with Gasteiger partial charge in [0.2, 0.25) is 5.91 Å². The van der Waals surface area contributed by atoms with Gasteiger partial charge in [0.1, 0.15) is 30.7 Å². The van der Waals surface area contributed by atoms with Crippen molar-refractivity contribution >= 4 is 23.4 Å². The van der Waals surface area contributed by atoms with Gasteiger partial charge < -0.3 is 20.1 Å². The maximum absolute atomic E-state index is 12.9. The number of nitrogens with one attached hydrogen (secondary N) is 1. The van der Waals surface area contributed by atoms with Crippen molar-refractivity contribution in [3.63, 3.8) is 0 Å². The fraction of sp³-hybridized carbons (Fsp3) is 0.526. The zero-order valence-electron chi connectivity index (χ0n) is 16.4. The highest BCUT2D eigenvalue weighted by Crippen LogP contribution is 2.37. The van der Waals surface area contributed by atoms with E-state index in [1.165, 1.54) is 15.9 Å². The number of benzene rings is 1.